The number of nitrogens with zero attached hydrogens (tertiary/aromatic N) is 3. The van der Waals surface area contributed by atoms with E-state index in [2.05, 4.69) is 39.9 Å². The third-order valence-electron chi connectivity index (χ3n) is 4.44. The van der Waals surface area contributed by atoms with Crippen LogP contribution in [0.15, 0.2) is 6.33 Å². The smallest absolute Gasteiger partial charge is 0.386 e. The molecule has 1 aliphatic heterocycles. The van der Waals surface area contributed by atoms with Gasteiger partial charge in [-0.2, -0.15) is 8.62 Å². The number of aliphatic hydroxyl groups excluding tert-OH is 1. The molecule has 3 rings (SSSR count). The molecule has 194 valence electrons. The molecular formula is C14H19N4O13P3S. The van der Waals surface area contributed by atoms with Crippen LogP contribution in [0.2, 0.25) is 0 Å². The molecule has 0 radical (unpaired) electrons. The van der Waals surface area contributed by atoms with Gasteiger partial charge in [-0.3, -0.25) is 9.09 Å². The molecular weight excluding hydrogens is 557 g/mol. The zero-order valence-corrected chi connectivity index (χ0v) is 21.1. The quantitative estimate of drug-likeness (QED) is 0.125. The Morgan fingerprint density at radius 2 is 1.91 bits per heavy atom. The molecule has 6 atom stereocenters. The number of fused-ring (bicyclic) bond motifs is 1. The average molecular weight is 576 g/mol. The summed E-state index contributed by atoms with van der Waals surface area (Å²) < 4.78 is 53.0. The second-order valence-corrected chi connectivity index (χ2v) is 11.8. The van der Waals surface area contributed by atoms with E-state index >= 15 is 0 Å². The van der Waals surface area contributed by atoms with Gasteiger partial charge in [-0.25, -0.2) is 23.7 Å². The zero-order chi connectivity index (χ0) is 26.4. The van der Waals surface area contributed by atoms with Gasteiger partial charge in [0.1, 0.15) is 29.2 Å². The van der Waals surface area contributed by atoms with Crippen molar-refractivity contribution < 1.29 is 61.4 Å². The molecule has 35 heavy (non-hydrogen) atoms. The van der Waals surface area contributed by atoms with Crippen molar-refractivity contribution in [3.05, 3.63) is 16.8 Å². The van der Waals surface area contributed by atoms with Gasteiger partial charge >= 0.3 is 23.5 Å². The standard InChI is InChI=1S/C14H19N4O13P3S/c1-3-4-14(20)10(19)8(5-28-33(24,25)31-34(26,27)30-32(21,22)23)29-13(14)18-6-15-9-11(18)16-7(2)17-12(9)35/h6,8,10,13,19-20H,5H2,1-2H3,(H,24,25)(H,26,27)(H,16,17,35)(H2,21,22,23)/t8-,10+,13-,14?/m1/s1. The van der Waals surface area contributed by atoms with Gasteiger partial charge in [-0.15, -0.1) is 5.92 Å². The number of phosphoric acid groups is 3. The molecule has 1 saturated heterocycles. The van der Waals surface area contributed by atoms with Crippen molar-refractivity contribution in [2.75, 3.05) is 6.61 Å². The molecule has 0 amide bonds. The Morgan fingerprint density at radius 3 is 2.51 bits per heavy atom. The van der Waals surface area contributed by atoms with Crippen LogP contribution in [0.4, 0.5) is 0 Å². The Morgan fingerprint density at radius 1 is 1.26 bits per heavy atom. The van der Waals surface area contributed by atoms with Gasteiger partial charge in [-0.1, -0.05) is 18.1 Å². The Labute approximate surface area is 201 Å². The van der Waals surface area contributed by atoms with Crippen molar-refractivity contribution in [1.29, 1.82) is 0 Å². The third-order valence-corrected chi connectivity index (χ3v) is 8.53. The fraction of sp³-hybridized carbons (Fsp3) is 0.500. The van der Waals surface area contributed by atoms with Crippen molar-refractivity contribution in [2.24, 2.45) is 0 Å². The van der Waals surface area contributed by atoms with Crippen LogP contribution in [0.1, 0.15) is 19.0 Å². The predicted octanol–water partition coefficient (Wildman–Crippen LogP) is 0.153. The number of aryl methyl sites for hydroxylation is 1. The average Bonchev–Trinajstić information content (AvgIpc) is 3.17. The maximum absolute atomic E-state index is 12.0. The number of H-pyrrole nitrogens is 1. The minimum absolute atomic E-state index is 0.142. The first-order valence-corrected chi connectivity index (χ1v) is 14.1. The molecule has 21 heteroatoms. The number of phosphoric ester groups is 1. The van der Waals surface area contributed by atoms with Gasteiger partial charge in [-0.05, 0) is 13.8 Å². The first-order chi connectivity index (χ1) is 16.0. The van der Waals surface area contributed by atoms with Gasteiger partial charge in [0.25, 0.3) is 0 Å². The summed E-state index contributed by atoms with van der Waals surface area (Å²) in [6.45, 7) is 1.97. The lowest BCUT2D eigenvalue weighted by molar-refractivity contribution is -0.0718. The lowest BCUT2D eigenvalue weighted by Gasteiger charge is -2.26. The Balaban J connectivity index is 1.87. The molecule has 3 unspecified atom stereocenters. The van der Waals surface area contributed by atoms with Crippen LogP contribution in [0.25, 0.3) is 11.2 Å². The molecule has 1 aliphatic rings. The zero-order valence-electron chi connectivity index (χ0n) is 17.6. The molecule has 2 aromatic rings. The number of aromatic nitrogens is 4. The van der Waals surface area contributed by atoms with Crippen LogP contribution in [-0.2, 0) is 31.6 Å². The van der Waals surface area contributed by atoms with Crippen LogP contribution in [0.5, 0.6) is 0 Å². The lowest BCUT2D eigenvalue weighted by atomic mass is 9.94. The largest absolute Gasteiger partial charge is 0.490 e. The van der Waals surface area contributed by atoms with Crippen molar-refractivity contribution >= 4 is 46.8 Å². The molecule has 3 heterocycles. The molecule has 17 nitrogen and oxygen atoms in total. The first kappa shape index (κ1) is 28.2. The maximum Gasteiger partial charge on any atom is 0.490 e. The Bertz CT molecular complexity index is 1400. The van der Waals surface area contributed by atoms with Crippen LogP contribution < -0.4 is 0 Å². The summed E-state index contributed by atoms with van der Waals surface area (Å²) in [4.78, 5) is 47.1. The molecule has 2 aromatic heterocycles. The highest BCUT2D eigenvalue weighted by molar-refractivity contribution is 7.71. The maximum atomic E-state index is 12.0. The summed E-state index contributed by atoms with van der Waals surface area (Å²) in [5, 5.41) is 21.8. The molecule has 0 bridgehead atoms. The van der Waals surface area contributed by atoms with Crippen molar-refractivity contribution in [3.8, 4) is 11.8 Å². The van der Waals surface area contributed by atoms with Crippen LogP contribution in [-0.4, -0.2) is 73.7 Å². The van der Waals surface area contributed by atoms with Crippen molar-refractivity contribution in [1.82, 2.24) is 19.5 Å². The van der Waals surface area contributed by atoms with Gasteiger partial charge in [0.2, 0.25) is 0 Å². The number of aromatic amines is 1. The van der Waals surface area contributed by atoms with Crippen LogP contribution >= 0.6 is 35.7 Å². The Hall–Kier alpha value is -1.38. The predicted molar refractivity (Wildman–Crippen MR) is 116 cm³/mol. The van der Waals surface area contributed by atoms with E-state index in [0.29, 0.717) is 5.82 Å². The Kier molecular flexibility index (Phi) is 7.91. The molecule has 0 saturated carbocycles. The fourth-order valence-corrected chi connectivity index (χ4v) is 6.53. The molecule has 0 aromatic carbocycles. The van der Waals surface area contributed by atoms with Crippen molar-refractivity contribution in [2.45, 2.75) is 37.9 Å². The highest BCUT2D eigenvalue weighted by Crippen LogP contribution is 2.66. The summed E-state index contributed by atoms with van der Waals surface area (Å²) in [5.74, 6) is 5.25. The number of ether oxygens (including phenoxy) is 1. The van der Waals surface area contributed by atoms with E-state index in [4.69, 9.17) is 26.7 Å². The number of rotatable bonds is 8. The van der Waals surface area contributed by atoms with Gasteiger partial charge in [0, 0.05) is 0 Å². The fourth-order valence-electron chi connectivity index (χ4n) is 3.21. The summed E-state index contributed by atoms with van der Waals surface area (Å²) in [5.41, 5.74) is -1.81. The van der Waals surface area contributed by atoms with E-state index in [1.165, 1.54) is 17.8 Å². The normalized spacial score (nSPS) is 28.3. The van der Waals surface area contributed by atoms with E-state index in [-0.39, 0.29) is 15.8 Å². The molecule has 0 aliphatic carbocycles. The highest BCUT2D eigenvalue weighted by Gasteiger charge is 2.56. The van der Waals surface area contributed by atoms with Gasteiger partial charge < -0.3 is 39.5 Å². The lowest BCUT2D eigenvalue weighted by Crippen LogP contribution is -2.46. The van der Waals surface area contributed by atoms with E-state index in [1.807, 2.05) is 0 Å². The number of imidazole rings is 1. The summed E-state index contributed by atoms with van der Waals surface area (Å²) in [7, 11) is -16.8. The van der Waals surface area contributed by atoms with E-state index in [0.717, 1.165) is 0 Å². The minimum atomic E-state index is -5.75. The summed E-state index contributed by atoms with van der Waals surface area (Å²) >= 11 is 5.16. The first-order valence-electron chi connectivity index (χ1n) is 9.19. The topological polar surface area (TPSA) is 256 Å². The number of nitrogens with one attached hydrogen (secondary N) is 1. The van der Waals surface area contributed by atoms with E-state index < -0.39 is 54.1 Å². The number of hydrogen-bond donors (Lipinski definition) is 7. The molecule has 1 fully saturated rings. The van der Waals surface area contributed by atoms with Gasteiger partial charge in [0.05, 0.1) is 12.9 Å². The molecule has 7 N–H and O–H groups in total. The molecule has 0 spiro atoms. The second kappa shape index (κ2) is 9.82. The monoisotopic (exact) mass is 576 g/mol. The SMILES string of the molecule is CC#CC1(O)[C@@H](O)[C@@H](COP(=O)(O)OP(=O)(O)OP(=O)(O)O)O[C@H]1n1cnc2c(=S)nc(C)[nH]c21. The third kappa shape index (κ3) is 6.31. The van der Waals surface area contributed by atoms with Crippen molar-refractivity contribution in [3.63, 3.8) is 0 Å². The van der Waals surface area contributed by atoms with E-state index in [1.54, 1.807) is 6.92 Å². The summed E-state index contributed by atoms with van der Waals surface area (Å²) in [6, 6.07) is 0. The van der Waals surface area contributed by atoms with Gasteiger partial charge in [0.15, 0.2) is 16.5 Å². The second-order valence-electron chi connectivity index (χ2n) is 7.04. The number of hydrogen-bond acceptors (Lipinski definition) is 12. The van der Waals surface area contributed by atoms with Crippen LogP contribution in [0, 0.1) is 23.4 Å². The number of aliphatic hydroxyl groups is 2. The van der Waals surface area contributed by atoms with E-state index in [9.17, 15) is 33.7 Å². The minimum Gasteiger partial charge on any atom is -0.386 e. The van der Waals surface area contributed by atoms with Crippen LogP contribution in [0.3, 0.4) is 0 Å². The summed E-state index contributed by atoms with van der Waals surface area (Å²) in [6.07, 6.45) is -3.67. The highest BCUT2D eigenvalue weighted by atomic mass is 32.1.